The lowest BCUT2D eigenvalue weighted by atomic mass is 10.0. The van der Waals surface area contributed by atoms with Crippen LogP contribution in [0.4, 0.5) is 0 Å². The van der Waals surface area contributed by atoms with E-state index in [1.807, 2.05) is 43.0 Å². The molecule has 1 unspecified atom stereocenters. The standard InChI is InChI=1S/C17H19NOS/c1-12(18)14-6-2-4-8-16(14)19-10-13-11-20-17-9-5-3-7-15(13)17/h2-9,12-13H,10-11,18H2,1H3/t12-,13?/m1/s1. The molecular formula is C17H19NOS. The van der Waals surface area contributed by atoms with Gasteiger partial charge in [-0.3, -0.25) is 0 Å². The highest BCUT2D eigenvalue weighted by molar-refractivity contribution is 7.99. The van der Waals surface area contributed by atoms with E-state index in [4.69, 9.17) is 10.5 Å². The van der Waals surface area contributed by atoms with E-state index < -0.39 is 0 Å². The molecule has 0 radical (unpaired) electrons. The molecule has 1 aliphatic rings. The van der Waals surface area contributed by atoms with Gasteiger partial charge in [-0.2, -0.15) is 0 Å². The molecule has 2 aromatic carbocycles. The molecular weight excluding hydrogens is 266 g/mol. The highest BCUT2D eigenvalue weighted by Gasteiger charge is 2.23. The Kier molecular flexibility index (Phi) is 3.99. The van der Waals surface area contributed by atoms with E-state index in [1.54, 1.807) is 0 Å². The van der Waals surface area contributed by atoms with Gasteiger partial charge in [-0.25, -0.2) is 0 Å². The molecule has 2 N–H and O–H groups in total. The van der Waals surface area contributed by atoms with Crippen molar-refractivity contribution in [3.63, 3.8) is 0 Å². The van der Waals surface area contributed by atoms with Crippen molar-refractivity contribution in [1.82, 2.24) is 0 Å². The Balaban J connectivity index is 1.72. The quantitative estimate of drug-likeness (QED) is 0.923. The van der Waals surface area contributed by atoms with Gasteiger partial charge < -0.3 is 10.5 Å². The van der Waals surface area contributed by atoms with E-state index in [0.29, 0.717) is 12.5 Å². The minimum atomic E-state index is -0.00330. The number of benzene rings is 2. The fourth-order valence-corrected chi connectivity index (χ4v) is 3.78. The molecule has 3 heteroatoms. The Morgan fingerprint density at radius 1 is 1.20 bits per heavy atom. The summed E-state index contributed by atoms with van der Waals surface area (Å²) in [4.78, 5) is 1.39. The van der Waals surface area contributed by atoms with E-state index in [2.05, 4.69) is 24.3 Å². The van der Waals surface area contributed by atoms with E-state index >= 15 is 0 Å². The number of para-hydroxylation sites is 1. The summed E-state index contributed by atoms with van der Waals surface area (Å²) >= 11 is 1.92. The third-order valence-corrected chi connectivity index (χ3v) is 4.90. The Hall–Kier alpha value is -1.45. The minimum absolute atomic E-state index is 0.00330. The van der Waals surface area contributed by atoms with Crippen molar-refractivity contribution in [2.24, 2.45) is 5.73 Å². The predicted octanol–water partition coefficient (Wildman–Crippen LogP) is 3.97. The molecule has 3 rings (SSSR count). The Labute approximate surface area is 124 Å². The number of rotatable bonds is 4. The van der Waals surface area contributed by atoms with Crippen molar-refractivity contribution < 1.29 is 4.74 Å². The van der Waals surface area contributed by atoms with E-state index in [-0.39, 0.29) is 6.04 Å². The van der Waals surface area contributed by atoms with Crippen LogP contribution in [0.25, 0.3) is 0 Å². The lowest BCUT2D eigenvalue weighted by molar-refractivity contribution is 0.294. The third-order valence-electron chi connectivity index (χ3n) is 3.65. The van der Waals surface area contributed by atoms with E-state index in [0.717, 1.165) is 17.1 Å². The summed E-state index contributed by atoms with van der Waals surface area (Å²) in [6.07, 6.45) is 0. The predicted molar refractivity (Wildman–Crippen MR) is 84.4 cm³/mol. The molecule has 2 nitrogen and oxygen atoms in total. The molecule has 0 aliphatic carbocycles. The summed E-state index contributed by atoms with van der Waals surface area (Å²) in [5, 5.41) is 0. The van der Waals surface area contributed by atoms with Gasteiger partial charge in [0, 0.05) is 28.2 Å². The van der Waals surface area contributed by atoms with Crippen LogP contribution in [0.1, 0.15) is 30.0 Å². The second-order valence-electron chi connectivity index (χ2n) is 5.18. The first-order chi connectivity index (χ1) is 9.75. The summed E-state index contributed by atoms with van der Waals surface area (Å²) in [5.41, 5.74) is 8.48. The molecule has 0 saturated heterocycles. The molecule has 104 valence electrons. The Morgan fingerprint density at radius 3 is 2.80 bits per heavy atom. The van der Waals surface area contributed by atoms with Gasteiger partial charge in [0.25, 0.3) is 0 Å². The molecule has 0 bridgehead atoms. The molecule has 0 amide bonds. The zero-order valence-corrected chi connectivity index (χ0v) is 12.4. The van der Waals surface area contributed by atoms with Gasteiger partial charge in [0.2, 0.25) is 0 Å². The second kappa shape index (κ2) is 5.90. The summed E-state index contributed by atoms with van der Waals surface area (Å²) in [7, 11) is 0. The summed E-state index contributed by atoms with van der Waals surface area (Å²) in [5.74, 6) is 2.48. The van der Waals surface area contributed by atoms with Crippen molar-refractivity contribution in [1.29, 1.82) is 0 Å². The highest BCUT2D eigenvalue weighted by Crippen LogP contribution is 2.39. The van der Waals surface area contributed by atoms with Gasteiger partial charge in [-0.15, -0.1) is 11.8 Å². The van der Waals surface area contributed by atoms with Crippen LogP contribution in [-0.2, 0) is 0 Å². The molecule has 2 aromatic rings. The van der Waals surface area contributed by atoms with Crippen molar-refractivity contribution in [3.8, 4) is 5.75 Å². The highest BCUT2D eigenvalue weighted by atomic mass is 32.2. The average Bonchev–Trinajstić information content (AvgIpc) is 2.88. The lowest BCUT2D eigenvalue weighted by Gasteiger charge is -2.17. The zero-order chi connectivity index (χ0) is 13.9. The fourth-order valence-electron chi connectivity index (χ4n) is 2.55. The van der Waals surface area contributed by atoms with Crippen LogP contribution in [0.3, 0.4) is 0 Å². The van der Waals surface area contributed by atoms with Gasteiger partial charge in [0.1, 0.15) is 5.75 Å². The number of fused-ring (bicyclic) bond motifs is 1. The molecule has 20 heavy (non-hydrogen) atoms. The monoisotopic (exact) mass is 285 g/mol. The first-order valence-electron chi connectivity index (χ1n) is 6.94. The summed E-state index contributed by atoms with van der Waals surface area (Å²) < 4.78 is 6.05. The van der Waals surface area contributed by atoms with Gasteiger partial charge in [-0.1, -0.05) is 36.4 Å². The molecule has 0 aromatic heterocycles. The molecule has 2 atom stereocenters. The maximum atomic E-state index is 6.05. The van der Waals surface area contributed by atoms with Crippen LogP contribution in [0.15, 0.2) is 53.4 Å². The maximum absolute atomic E-state index is 6.05. The number of ether oxygens (including phenoxy) is 1. The number of nitrogens with two attached hydrogens (primary N) is 1. The van der Waals surface area contributed by atoms with E-state index in [1.165, 1.54) is 10.5 Å². The normalized spacial score (nSPS) is 18.6. The van der Waals surface area contributed by atoms with Crippen molar-refractivity contribution >= 4 is 11.8 Å². The maximum Gasteiger partial charge on any atom is 0.124 e. The molecule has 1 aliphatic heterocycles. The van der Waals surface area contributed by atoms with Gasteiger partial charge in [-0.05, 0) is 24.6 Å². The first-order valence-corrected chi connectivity index (χ1v) is 7.93. The van der Waals surface area contributed by atoms with Crippen LogP contribution in [0.2, 0.25) is 0 Å². The minimum Gasteiger partial charge on any atom is -0.493 e. The number of thioether (sulfide) groups is 1. The van der Waals surface area contributed by atoms with Crippen molar-refractivity contribution in [2.75, 3.05) is 12.4 Å². The summed E-state index contributed by atoms with van der Waals surface area (Å²) in [6, 6.07) is 16.6. The molecule has 0 saturated carbocycles. The largest absolute Gasteiger partial charge is 0.493 e. The Bertz CT molecular complexity index is 597. The van der Waals surface area contributed by atoms with Crippen LogP contribution in [0, 0.1) is 0 Å². The SMILES string of the molecule is C[C@@H](N)c1ccccc1OCC1CSc2ccccc21. The van der Waals surface area contributed by atoms with E-state index in [9.17, 15) is 0 Å². The number of hydrogen-bond acceptors (Lipinski definition) is 3. The Morgan fingerprint density at radius 2 is 1.95 bits per heavy atom. The average molecular weight is 285 g/mol. The molecule has 0 fully saturated rings. The second-order valence-corrected chi connectivity index (χ2v) is 6.25. The lowest BCUT2D eigenvalue weighted by Crippen LogP contribution is -2.13. The van der Waals surface area contributed by atoms with Crippen LogP contribution < -0.4 is 10.5 Å². The third kappa shape index (κ3) is 2.69. The van der Waals surface area contributed by atoms with Crippen LogP contribution >= 0.6 is 11.8 Å². The first kappa shape index (κ1) is 13.5. The summed E-state index contributed by atoms with van der Waals surface area (Å²) in [6.45, 7) is 2.71. The van der Waals surface area contributed by atoms with Gasteiger partial charge in [0.05, 0.1) is 6.61 Å². The fraction of sp³-hybridized carbons (Fsp3) is 0.294. The van der Waals surface area contributed by atoms with Gasteiger partial charge in [0.15, 0.2) is 0 Å². The molecule has 0 spiro atoms. The van der Waals surface area contributed by atoms with Crippen molar-refractivity contribution in [2.45, 2.75) is 23.8 Å². The number of hydrogen-bond donors (Lipinski definition) is 1. The van der Waals surface area contributed by atoms with Gasteiger partial charge >= 0.3 is 0 Å². The smallest absolute Gasteiger partial charge is 0.124 e. The van der Waals surface area contributed by atoms with Crippen LogP contribution in [-0.4, -0.2) is 12.4 Å². The topological polar surface area (TPSA) is 35.2 Å². The van der Waals surface area contributed by atoms with Crippen molar-refractivity contribution in [3.05, 3.63) is 59.7 Å². The van der Waals surface area contributed by atoms with Crippen LogP contribution in [0.5, 0.6) is 5.75 Å². The molecule has 1 heterocycles. The zero-order valence-electron chi connectivity index (χ0n) is 11.6.